The lowest BCUT2D eigenvalue weighted by atomic mass is 10.4. The third-order valence-corrected chi connectivity index (χ3v) is 1.22. The first-order valence-electron chi connectivity index (χ1n) is 3.04. The maximum absolute atomic E-state index is 10.3. The fourth-order valence-electron chi connectivity index (χ4n) is 0.647. The Labute approximate surface area is 63.2 Å². The van der Waals surface area contributed by atoms with Gasteiger partial charge in [0.25, 0.3) is 4.92 Å². The van der Waals surface area contributed by atoms with E-state index in [1.807, 2.05) is 0 Å². The van der Waals surface area contributed by atoms with Crippen molar-refractivity contribution in [1.29, 1.82) is 0 Å². The molecular weight excluding hydrogens is 146 g/mol. The van der Waals surface area contributed by atoms with E-state index in [9.17, 15) is 4.91 Å². The van der Waals surface area contributed by atoms with Crippen LogP contribution in [0.25, 0.3) is 0 Å². The topological polar surface area (TPSA) is 65.2 Å². The van der Waals surface area contributed by atoms with E-state index in [1.165, 1.54) is 12.3 Å². The first-order valence-corrected chi connectivity index (χ1v) is 3.04. The van der Waals surface area contributed by atoms with Crippen molar-refractivity contribution < 1.29 is 10.1 Å². The summed E-state index contributed by atoms with van der Waals surface area (Å²) in [6, 6.07) is 3.06. The van der Waals surface area contributed by atoms with E-state index in [4.69, 9.17) is 5.21 Å². The van der Waals surface area contributed by atoms with Gasteiger partial charge >= 0.3 is 5.69 Å². The predicted molar refractivity (Wildman–Crippen MR) is 38.9 cm³/mol. The maximum Gasteiger partial charge on any atom is 0.334 e. The minimum absolute atomic E-state index is 0.115. The molecule has 5 nitrogen and oxygen atoms in total. The van der Waals surface area contributed by atoms with Gasteiger partial charge in [-0.25, -0.2) is 10.2 Å². The van der Waals surface area contributed by atoms with Crippen molar-refractivity contribution in [2.24, 2.45) is 0 Å². The molecule has 1 heterocycles. The van der Waals surface area contributed by atoms with Crippen molar-refractivity contribution in [3.8, 4) is 0 Å². The summed E-state index contributed by atoms with van der Waals surface area (Å²) >= 11 is 0. The minimum atomic E-state index is -0.230. The molecule has 0 bridgehead atoms. The molecule has 1 aromatic rings. The highest BCUT2D eigenvalue weighted by Crippen LogP contribution is 2.09. The monoisotopic (exact) mass is 154 g/mol. The molecule has 1 rings (SSSR count). The Bertz CT molecular complexity index is 257. The number of hydrogen-bond acceptors (Lipinski definition) is 3. The van der Waals surface area contributed by atoms with Gasteiger partial charge in [-0.3, -0.25) is 0 Å². The van der Waals surface area contributed by atoms with E-state index in [-0.39, 0.29) is 10.6 Å². The van der Waals surface area contributed by atoms with Crippen molar-refractivity contribution >= 4 is 11.5 Å². The van der Waals surface area contributed by atoms with Crippen LogP contribution in [0.5, 0.6) is 0 Å². The van der Waals surface area contributed by atoms with E-state index in [0.717, 1.165) is 0 Å². The molecule has 0 atom stereocenters. The number of hydrogen-bond donors (Lipinski definition) is 2. The Morgan fingerprint density at radius 1 is 1.64 bits per heavy atom. The van der Waals surface area contributed by atoms with Gasteiger partial charge < -0.3 is 5.32 Å². The molecule has 0 radical (unpaired) electrons. The van der Waals surface area contributed by atoms with Gasteiger partial charge in [-0.2, -0.15) is 0 Å². The summed E-state index contributed by atoms with van der Waals surface area (Å²) in [6.45, 7) is 0. The number of pyridine rings is 1. The van der Waals surface area contributed by atoms with Crippen molar-refractivity contribution in [3.63, 3.8) is 0 Å². The second kappa shape index (κ2) is 2.96. The Balaban J connectivity index is 2.91. The number of aromatic nitrogens is 1. The molecule has 2 N–H and O–H groups in total. The Morgan fingerprint density at radius 2 is 2.36 bits per heavy atom. The number of nitrogens with one attached hydrogen (secondary N) is 1. The van der Waals surface area contributed by atoms with Crippen molar-refractivity contribution in [3.05, 3.63) is 23.2 Å². The molecule has 1 aromatic heterocycles. The van der Waals surface area contributed by atoms with Gasteiger partial charge in [0, 0.05) is 13.1 Å². The quantitative estimate of drug-likeness (QED) is 0.622. The Morgan fingerprint density at radius 3 is 2.73 bits per heavy atom. The van der Waals surface area contributed by atoms with Crippen LogP contribution in [0.2, 0.25) is 0 Å². The third kappa shape index (κ3) is 1.64. The van der Waals surface area contributed by atoms with Crippen LogP contribution < -0.4 is 5.32 Å². The summed E-state index contributed by atoms with van der Waals surface area (Å²) in [7, 11) is 1.72. The molecule has 11 heavy (non-hydrogen) atoms. The van der Waals surface area contributed by atoms with Crippen LogP contribution in [0, 0.1) is 4.91 Å². The Hall–Kier alpha value is -1.65. The lowest BCUT2D eigenvalue weighted by molar-refractivity contribution is -0.729. The standard InChI is InChI=1S/C6H8N3O2/c1-7-6-3-2-5(4-8-6)9(10)11/h2-4H,1H3,(H,7,8)(H,10,11)/q+1. The molecular formula is C6H8N3O2+. The van der Waals surface area contributed by atoms with Gasteiger partial charge in [0.15, 0.2) is 0 Å². The lowest BCUT2D eigenvalue weighted by Crippen LogP contribution is -1.95. The van der Waals surface area contributed by atoms with Gasteiger partial charge in [0.05, 0.1) is 4.91 Å². The number of anilines is 1. The second-order valence-corrected chi connectivity index (χ2v) is 1.92. The normalized spacial score (nSPS) is 9.18. The molecule has 0 aliphatic carbocycles. The van der Waals surface area contributed by atoms with E-state index < -0.39 is 0 Å². The smallest absolute Gasteiger partial charge is 0.334 e. The Kier molecular flexibility index (Phi) is 2.00. The molecule has 0 aliphatic rings. The highest BCUT2D eigenvalue weighted by Gasteiger charge is 2.09. The molecule has 0 amide bonds. The third-order valence-electron chi connectivity index (χ3n) is 1.22. The molecule has 0 aliphatic heterocycles. The molecule has 0 saturated heterocycles. The maximum atomic E-state index is 10.3. The zero-order valence-corrected chi connectivity index (χ0v) is 5.98. The first kappa shape index (κ1) is 7.46. The zero-order chi connectivity index (χ0) is 8.27. The van der Waals surface area contributed by atoms with E-state index >= 15 is 0 Å². The molecule has 5 heteroatoms. The van der Waals surface area contributed by atoms with Crippen molar-refractivity contribution in [1.82, 2.24) is 4.98 Å². The molecule has 0 unspecified atom stereocenters. The summed E-state index contributed by atoms with van der Waals surface area (Å²) in [5.74, 6) is 0.649. The summed E-state index contributed by atoms with van der Waals surface area (Å²) in [5, 5.41) is 11.2. The zero-order valence-electron chi connectivity index (χ0n) is 5.98. The lowest BCUT2D eigenvalue weighted by Gasteiger charge is -1.93. The fourth-order valence-corrected chi connectivity index (χ4v) is 0.647. The van der Waals surface area contributed by atoms with Gasteiger partial charge in [-0.05, 0) is 6.07 Å². The van der Waals surface area contributed by atoms with E-state index in [0.29, 0.717) is 5.82 Å². The van der Waals surface area contributed by atoms with Crippen LogP contribution in [0.3, 0.4) is 0 Å². The summed E-state index contributed by atoms with van der Waals surface area (Å²) in [5.41, 5.74) is 0.115. The molecule has 0 saturated carbocycles. The first-order chi connectivity index (χ1) is 5.24. The molecule has 0 spiro atoms. The van der Waals surface area contributed by atoms with Crippen LogP contribution in [-0.2, 0) is 0 Å². The van der Waals surface area contributed by atoms with E-state index in [2.05, 4.69) is 10.3 Å². The van der Waals surface area contributed by atoms with Gasteiger partial charge in [-0.15, -0.1) is 0 Å². The molecule has 0 fully saturated rings. The summed E-state index contributed by atoms with van der Waals surface area (Å²) < 4.78 is 0. The number of rotatable bonds is 2. The van der Waals surface area contributed by atoms with Crippen LogP contribution in [0.1, 0.15) is 0 Å². The van der Waals surface area contributed by atoms with Crippen LogP contribution in [0.15, 0.2) is 18.3 Å². The summed E-state index contributed by atoms with van der Waals surface area (Å²) in [4.78, 5) is 13.8. The molecule has 0 aromatic carbocycles. The van der Waals surface area contributed by atoms with Crippen molar-refractivity contribution in [2.45, 2.75) is 0 Å². The molecule has 58 valence electrons. The number of nitrogens with zero attached hydrogens (tertiary/aromatic N) is 2. The largest absolute Gasteiger partial charge is 0.373 e. The highest BCUT2D eigenvalue weighted by atomic mass is 16.6. The second-order valence-electron chi connectivity index (χ2n) is 1.92. The summed E-state index contributed by atoms with van der Waals surface area (Å²) in [6.07, 6.45) is 1.28. The van der Waals surface area contributed by atoms with Crippen LogP contribution >= 0.6 is 0 Å². The highest BCUT2D eigenvalue weighted by molar-refractivity contribution is 5.38. The van der Waals surface area contributed by atoms with Crippen LogP contribution in [0.4, 0.5) is 11.5 Å². The van der Waals surface area contributed by atoms with Gasteiger partial charge in [0.2, 0.25) is 0 Å². The minimum Gasteiger partial charge on any atom is -0.373 e. The van der Waals surface area contributed by atoms with Crippen LogP contribution in [-0.4, -0.2) is 22.2 Å². The SMILES string of the molecule is CNc1ccc([N+](=O)O)cn1. The predicted octanol–water partition coefficient (Wildman–Crippen LogP) is 0.923. The van der Waals surface area contributed by atoms with Crippen molar-refractivity contribution in [2.75, 3.05) is 12.4 Å². The van der Waals surface area contributed by atoms with E-state index in [1.54, 1.807) is 13.1 Å². The fraction of sp³-hybridized carbons (Fsp3) is 0.167. The average molecular weight is 154 g/mol. The average Bonchev–Trinajstić information content (AvgIpc) is 2.05. The van der Waals surface area contributed by atoms with Gasteiger partial charge in [0.1, 0.15) is 12.0 Å². The van der Waals surface area contributed by atoms with Gasteiger partial charge in [-0.1, -0.05) is 0 Å².